The Hall–Kier alpha value is -4.05. The molecule has 1 aliphatic carbocycles. The molecule has 54 heavy (non-hydrogen) atoms. The number of piperazine rings is 1. The third kappa shape index (κ3) is 6.36. The van der Waals surface area contributed by atoms with E-state index < -0.39 is 36.5 Å². The van der Waals surface area contributed by atoms with Crippen LogP contribution in [-0.4, -0.2) is 73.8 Å². The van der Waals surface area contributed by atoms with Crippen molar-refractivity contribution in [3.05, 3.63) is 47.3 Å². The molecule has 3 N–H and O–H groups in total. The lowest BCUT2D eigenvalue weighted by Gasteiger charge is -2.39. The molecule has 3 fully saturated rings. The normalized spacial score (nSPS) is 19.5. The number of phenolic OH excluding ortho intramolecular Hbond substituents is 1. The summed E-state index contributed by atoms with van der Waals surface area (Å²) in [5.74, 6) is 0.276. The average Bonchev–Trinajstić information content (AvgIpc) is 3.45. The van der Waals surface area contributed by atoms with Crippen molar-refractivity contribution in [2.45, 2.75) is 102 Å². The first-order chi connectivity index (χ1) is 25.7. The fraction of sp³-hybridized carbons (Fsp3) is 0.524. The van der Waals surface area contributed by atoms with Crippen molar-refractivity contribution >= 4 is 35.6 Å². The van der Waals surface area contributed by atoms with E-state index in [1.54, 1.807) is 0 Å². The summed E-state index contributed by atoms with van der Waals surface area (Å²) < 4.78 is 62.7. The zero-order valence-corrected chi connectivity index (χ0v) is 33.2. The minimum atomic E-state index is -2.36. The van der Waals surface area contributed by atoms with Crippen molar-refractivity contribution in [1.29, 1.82) is 0 Å². The molecular formula is C42H51F3N4O4Si. The summed E-state index contributed by atoms with van der Waals surface area (Å²) in [4.78, 5) is 11.3. The van der Waals surface area contributed by atoms with Gasteiger partial charge in [0.15, 0.2) is 17.4 Å². The molecule has 12 heteroatoms. The van der Waals surface area contributed by atoms with Crippen LogP contribution in [0.5, 0.6) is 17.5 Å². The Morgan fingerprint density at radius 3 is 2.20 bits per heavy atom. The largest absolute Gasteiger partial charge is 0.508 e. The summed E-state index contributed by atoms with van der Waals surface area (Å²) in [5, 5.41) is 25.3. The number of aliphatic hydroxyl groups is 1. The molecule has 2 unspecified atom stereocenters. The maximum atomic E-state index is 17.5. The molecule has 3 aromatic carbocycles. The summed E-state index contributed by atoms with van der Waals surface area (Å²) in [5.41, 5.74) is 3.10. The average molecular weight is 761 g/mol. The molecule has 0 radical (unpaired) electrons. The molecule has 8 nitrogen and oxygen atoms in total. The quantitative estimate of drug-likeness (QED) is 0.109. The zero-order valence-electron chi connectivity index (χ0n) is 32.2. The molecule has 0 amide bonds. The number of fused-ring (bicyclic) bond motifs is 4. The number of benzene rings is 3. The van der Waals surface area contributed by atoms with Crippen molar-refractivity contribution in [3.8, 4) is 40.1 Å². The standard InChI is InChI=1S/C42H51F3N4O4Si/c1-23(2)54(24(3)4,25(5)6)16-13-30-32(43)12-9-26-17-29(51)18-31(33(26)30)34-36(44)38-35(39(52-7)37(34)45)40(49-19-27-10-11-28(20-49)46-27)48-41(47-38)53-22-42(21-50)14-8-15-42/h9,12,17-18,23-25,27-28,46,50-51H,8,10-11,14-15,19-22H2,1-7H3. The number of aliphatic hydroxyl groups excluding tert-OH is 1. The molecule has 1 saturated carbocycles. The van der Waals surface area contributed by atoms with Gasteiger partial charge in [0.2, 0.25) is 0 Å². The van der Waals surface area contributed by atoms with Crippen LogP contribution in [-0.2, 0) is 0 Å². The fourth-order valence-electron chi connectivity index (χ4n) is 9.52. The molecule has 2 aliphatic heterocycles. The van der Waals surface area contributed by atoms with Crippen LogP contribution < -0.4 is 19.7 Å². The number of nitrogens with one attached hydrogen (secondary N) is 1. The summed E-state index contributed by atoms with van der Waals surface area (Å²) >= 11 is 0. The monoisotopic (exact) mass is 760 g/mol. The maximum absolute atomic E-state index is 17.5. The van der Waals surface area contributed by atoms with Gasteiger partial charge >= 0.3 is 6.01 Å². The Balaban J connectivity index is 1.50. The number of methoxy groups -OCH3 is 1. The molecule has 2 bridgehead atoms. The van der Waals surface area contributed by atoms with Crippen LogP contribution in [0, 0.1) is 34.3 Å². The number of rotatable bonds is 10. The highest BCUT2D eigenvalue weighted by Crippen LogP contribution is 2.48. The van der Waals surface area contributed by atoms with Gasteiger partial charge in [0.25, 0.3) is 0 Å². The SMILES string of the molecule is COc1c(F)c(-c2cc(O)cc3ccc(F)c(C#C[Si](C(C)C)(C(C)C)C(C)C)c23)c(F)c2nc(OCC3(CO)CCC3)nc(N3CC4CCC(C3)N4)c12. The number of anilines is 1. The van der Waals surface area contributed by atoms with E-state index in [9.17, 15) is 10.2 Å². The number of nitrogens with zero attached hydrogens (tertiary/aromatic N) is 3. The van der Waals surface area contributed by atoms with E-state index in [1.807, 2.05) is 4.90 Å². The van der Waals surface area contributed by atoms with Crippen molar-refractivity contribution in [2.24, 2.45) is 5.41 Å². The first-order valence-corrected chi connectivity index (χ1v) is 21.5. The predicted octanol–water partition coefficient (Wildman–Crippen LogP) is 8.63. The van der Waals surface area contributed by atoms with Crippen molar-refractivity contribution in [1.82, 2.24) is 15.3 Å². The molecular weight excluding hydrogens is 710 g/mol. The van der Waals surface area contributed by atoms with Crippen LogP contribution in [0.4, 0.5) is 19.0 Å². The van der Waals surface area contributed by atoms with E-state index in [0.717, 1.165) is 32.1 Å². The van der Waals surface area contributed by atoms with Crippen LogP contribution in [0.2, 0.25) is 16.6 Å². The molecule has 4 aromatic rings. The highest BCUT2D eigenvalue weighted by atomic mass is 28.3. The van der Waals surface area contributed by atoms with Crippen LogP contribution in [0.25, 0.3) is 32.8 Å². The molecule has 0 spiro atoms. The lowest BCUT2D eigenvalue weighted by molar-refractivity contribution is -0.00263. The molecule has 2 atom stereocenters. The summed E-state index contributed by atoms with van der Waals surface area (Å²) in [7, 11) is -1.05. The Labute approximate surface area is 316 Å². The van der Waals surface area contributed by atoms with Gasteiger partial charge in [-0.3, -0.25) is 0 Å². The Bertz CT molecular complexity index is 2120. The second-order valence-electron chi connectivity index (χ2n) is 16.6. The van der Waals surface area contributed by atoms with E-state index in [2.05, 4.69) is 63.3 Å². The highest BCUT2D eigenvalue weighted by Gasteiger charge is 2.42. The number of halogens is 3. The van der Waals surface area contributed by atoms with E-state index in [1.165, 1.54) is 31.4 Å². The van der Waals surface area contributed by atoms with Gasteiger partial charge in [-0.1, -0.05) is 60.0 Å². The van der Waals surface area contributed by atoms with Gasteiger partial charge in [0.05, 0.1) is 36.8 Å². The van der Waals surface area contributed by atoms with Gasteiger partial charge in [-0.25, -0.2) is 13.2 Å². The number of phenols is 1. The topological polar surface area (TPSA) is 100.0 Å². The highest BCUT2D eigenvalue weighted by molar-refractivity contribution is 6.90. The Morgan fingerprint density at radius 2 is 1.63 bits per heavy atom. The van der Waals surface area contributed by atoms with Crippen LogP contribution >= 0.6 is 0 Å². The molecule has 3 heterocycles. The lowest BCUT2D eigenvalue weighted by Crippen LogP contribution is -2.51. The van der Waals surface area contributed by atoms with E-state index >= 15 is 13.2 Å². The van der Waals surface area contributed by atoms with Gasteiger partial charge < -0.3 is 29.9 Å². The first-order valence-electron chi connectivity index (χ1n) is 19.2. The number of aromatic nitrogens is 2. The smallest absolute Gasteiger partial charge is 0.319 e. The van der Waals surface area contributed by atoms with Gasteiger partial charge in [0.1, 0.15) is 31.0 Å². The second kappa shape index (κ2) is 14.5. The first kappa shape index (κ1) is 38.2. The number of hydrogen-bond acceptors (Lipinski definition) is 8. The molecule has 2 saturated heterocycles. The third-order valence-electron chi connectivity index (χ3n) is 12.5. The summed E-state index contributed by atoms with van der Waals surface area (Å²) in [6, 6.07) is 5.71. The summed E-state index contributed by atoms with van der Waals surface area (Å²) in [6.07, 6.45) is 4.47. The fourth-order valence-corrected chi connectivity index (χ4v) is 14.7. The van der Waals surface area contributed by atoms with Gasteiger partial charge in [-0.15, -0.1) is 5.54 Å². The van der Waals surface area contributed by atoms with Gasteiger partial charge in [-0.05, 0) is 65.9 Å². The molecule has 1 aromatic heterocycles. The lowest BCUT2D eigenvalue weighted by atomic mass is 9.70. The van der Waals surface area contributed by atoms with Crippen molar-refractivity contribution in [2.75, 3.05) is 38.3 Å². The third-order valence-corrected chi connectivity index (χ3v) is 18.8. The molecule has 7 rings (SSSR count). The Morgan fingerprint density at radius 1 is 0.963 bits per heavy atom. The number of aromatic hydroxyl groups is 1. The zero-order chi connectivity index (χ0) is 38.7. The van der Waals surface area contributed by atoms with Crippen LogP contribution in [0.1, 0.15) is 79.2 Å². The minimum Gasteiger partial charge on any atom is -0.508 e. The minimum absolute atomic E-state index is 0.0117. The van der Waals surface area contributed by atoms with Gasteiger partial charge in [-0.2, -0.15) is 9.97 Å². The van der Waals surface area contributed by atoms with E-state index in [0.29, 0.717) is 18.5 Å². The van der Waals surface area contributed by atoms with Gasteiger partial charge in [0, 0.05) is 41.5 Å². The molecule has 3 aliphatic rings. The maximum Gasteiger partial charge on any atom is 0.319 e. The van der Waals surface area contributed by atoms with Crippen LogP contribution in [0.15, 0.2) is 24.3 Å². The summed E-state index contributed by atoms with van der Waals surface area (Å²) in [6.45, 7) is 14.1. The van der Waals surface area contributed by atoms with Crippen LogP contribution in [0.3, 0.4) is 0 Å². The van der Waals surface area contributed by atoms with E-state index in [4.69, 9.17) is 14.5 Å². The van der Waals surface area contributed by atoms with Crippen molar-refractivity contribution in [3.63, 3.8) is 0 Å². The predicted molar refractivity (Wildman–Crippen MR) is 210 cm³/mol. The number of ether oxygens (including phenoxy) is 2. The Kier molecular flexibility index (Phi) is 10.3. The van der Waals surface area contributed by atoms with E-state index in [-0.39, 0.29) is 92.7 Å². The second-order valence-corrected chi connectivity index (χ2v) is 22.2. The molecule has 288 valence electrons. The number of hydrogen-bond donors (Lipinski definition) is 3. The van der Waals surface area contributed by atoms with Crippen molar-refractivity contribution < 1.29 is 32.9 Å².